The van der Waals surface area contributed by atoms with Gasteiger partial charge in [-0.2, -0.15) is 15.1 Å². The van der Waals surface area contributed by atoms with Crippen LogP contribution in [0.15, 0.2) is 64.3 Å². The van der Waals surface area contributed by atoms with Gasteiger partial charge in [-0.05, 0) is 61.7 Å². The van der Waals surface area contributed by atoms with Crippen LogP contribution in [0.3, 0.4) is 0 Å². The minimum atomic E-state index is -0.385. The lowest BCUT2D eigenvalue weighted by Gasteiger charge is -2.20. The molecule has 1 saturated carbocycles. The number of fused-ring (bicyclic) bond motifs is 2. The molecule has 0 saturated heterocycles. The fraction of sp³-hybridized carbons (Fsp3) is 0.333. The highest BCUT2D eigenvalue weighted by atomic mass is 32.2. The lowest BCUT2D eigenvalue weighted by Crippen LogP contribution is -2.35. The van der Waals surface area contributed by atoms with Crippen molar-refractivity contribution in [3.8, 4) is 5.75 Å². The van der Waals surface area contributed by atoms with E-state index < -0.39 is 0 Å². The van der Waals surface area contributed by atoms with Gasteiger partial charge in [-0.25, -0.2) is 0 Å². The summed E-state index contributed by atoms with van der Waals surface area (Å²) in [7, 11) is 0. The first kappa shape index (κ1) is 24.7. The summed E-state index contributed by atoms with van der Waals surface area (Å²) in [6, 6.07) is 14.3. The zero-order valence-corrected chi connectivity index (χ0v) is 22.6. The van der Waals surface area contributed by atoms with Crippen LogP contribution in [0.4, 0.5) is 0 Å². The average Bonchev–Trinajstić information content (AvgIpc) is 3.51. The maximum atomic E-state index is 13.1. The van der Waals surface area contributed by atoms with Crippen LogP contribution < -0.4 is 4.74 Å². The number of carbonyl (C=O) groups is 1. The number of hydrazone groups is 1. The van der Waals surface area contributed by atoms with Crippen molar-refractivity contribution in [1.29, 1.82) is 5.41 Å². The summed E-state index contributed by atoms with van der Waals surface area (Å²) in [6.07, 6.45) is 9.73. The van der Waals surface area contributed by atoms with Crippen molar-refractivity contribution in [2.75, 3.05) is 6.61 Å². The Morgan fingerprint density at radius 2 is 1.84 bits per heavy atom. The number of aromatic nitrogens is 1. The molecular weight excluding hydrogens is 494 g/mol. The molecule has 2 aromatic carbocycles. The first-order valence-electron chi connectivity index (χ1n) is 13.3. The van der Waals surface area contributed by atoms with Gasteiger partial charge in [0, 0.05) is 28.6 Å². The average molecular weight is 526 g/mol. The second kappa shape index (κ2) is 10.3. The largest absolute Gasteiger partial charge is 0.491 e. The molecule has 3 aliphatic rings. The van der Waals surface area contributed by atoms with E-state index in [0.717, 1.165) is 51.2 Å². The zero-order chi connectivity index (χ0) is 26.2. The van der Waals surface area contributed by atoms with Crippen molar-refractivity contribution in [2.24, 2.45) is 16.0 Å². The van der Waals surface area contributed by atoms with E-state index in [-0.39, 0.29) is 17.3 Å². The van der Waals surface area contributed by atoms with Gasteiger partial charge in [-0.1, -0.05) is 55.7 Å². The van der Waals surface area contributed by atoms with Gasteiger partial charge >= 0.3 is 0 Å². The maximum Gasteiger partial charge on any atom is 0.283 e. The highest BCUT2D eigenvalue weighted by Gasteiger charge is 2.38. The molecule has 0 radical (unpaired) electrons. The standard InChI is InChI=1S/C30H31N5O2S/c1-19-9-8-10-20(2)26(19)37-16-15-34-18-22(23-13-6-7-14-25(23)34)17-24-27(31)35-30(32-28(24)36)38-29(33-35)21-11-4-3-5-12-21/h6-10,13-14,17-18,21,31H,3-5,11-12,15-16H2,1-2H3/b24-17-,31-27?. The van der Waals surface area contributed by atoms with Crippen LogP contribution >= 0.6 is 11.8 Å². The third kappa shape index (κ3) is 4.58. The maximum absolute atomic E-state index is 13.1. The molecule has 38 heavy (non-hydrogen) atoms. The van der Waals surface area contributed by atoms with Crippen LogP contribution in [0.1, 0.15) is 48.8 Å². The van der Waals surface area contributed by atoms with E-state index >= 15 is 0 Å². The summed E-state index contributed by atoms with van der Waals surface area (Å²) < 4.78 is 8.30. The minimum Gasteiger partial charge on any atom is -0.491 e. The minimum absolute atomic E-state index is 0.0912. The van der Waals surface area contributed by atoms with Gasteiger partial charge in [0.15, 0.2) is 5.84 Å². The van der Waals surface area contributed by atoms with Gasteiger partial charge in [-0.15, -0.1) is 0 Å². The van der Waals surface area contributed by atoms with Gasteiger partial charge in [0.2, 0.25) is 5.17 Å². The first-order chi connectivity index (χ1) is 18.5. The molecule has 6 rings (SSSR count). The molecule has 194 valence electrons. The molecule has 1 N–H and O–H groups in total. The Balaban J connectivity index is 1.26. The van der Waals surface area contributed by atoms with E-state index in [2.05, 4.69) is 41.6 Å². The molecule has 1 aromatic heterocycles. The number of hydrogen-bond donors (Lipinski definition) is 1. The molecule has 2 aliphatic heterocycles. The Labute approximate surface area is 226 Å². The molecule has 0 bridgehead atoms. The summed E-state index contributed by atoms with van der Waals surface area (Å²) in [6.45, 7) is 5.29. The molecule has 0 atom stereocenters. The molecule has 0 spiro atoms. The van der Waals surface area contributed by atoms with Crippen molar-refractivity contribution in [3.63, 3.8) is 0 Å². The predicted molar refractivity (Wildman–Crippen MR) is 155 cm³/mol. The summed E-state index contributed by atoms with van der Waals surface area (Å²) in [4.78, 5) is 17.4. The van der Waals surface area contributed by atoms with E-state index in [1.54, 1.807) is 11.1 Å². The Hall–Kier alpha value is -3.65. The second-order valence-electron chi connectivity index (χ2n) is 10.2. The van der Waals surface area contributed by atoms with Crippen LogP contribution in [0.2, 0.25) is 0 Å². The van der Waals surface area contributed by atoms with Crippen molar-refractivity contribution in [2.45, 2.75) is 52.5 Å². The number of nitrogens with one attached hydrogen (secondary N) is 1. The van der Waals surface area contributed by atoms with E-state index in [1.807, 2.05) is 30.5 Å². The monoisotopic (exact) mass is 525 g/mol. The normalized spacial score (nSPS) is 19.2. The van der Waals surface area contributed by atoms with Gasteiger partial charge in [0.1, 0.15) is 17.4 Å². The van der Waals surface area contributed by atoms with Crippen molar-refractivity contribution < 1.29 is 9.53 Å². The molecule has 7 nitrogen and oxygen atoms in total. The summed E-state index contributed by atoms with van der Waals surface area (Å²) in [5.41, 5.74) is 4.44. The fourth-order valence-electron chi connectivity index (χ4n) is 5.53. The Morgan fingerprint density at radius 1 is 1.08 bits per heavy atom. The molecule has 1 fully saturated rings. The van der Waals surface area contributed by atoms with Crippen LogP contribution in [-0.2, 0) is 11.3 Å². The lowest BCUT2D eigenvalue weighted by atomic mass is 9.90. The molecule has 1 aliphatic carbocycles. The number of thioether (sulfide) groups is 1. The molecule has 1 amide bonds. The number of amides is 1. The number of hydrogen-bond acceptors (Lipinski definition) is 5. The van der Waals surface area contributed by atoms with Crippen molar-refractivity contribution in [3.05, 3.63) is 70.9 Å². The third-order valence-corrected chi connectivity index (χ3v) is 8.60. The zero-order valence-electron chi connectivity index (χ0n) is 21.7. The quantitative estimate of drug-likeness (QED) is 0.371. The SMILES string of the molecule is Cc1cccc(C)c1OCCn1cc(/C=C2/C(=N)N3N=C(C4CCCCC4)SC3=NC2=O)c2ccccc21. The first-order valence-corrected chi connectivity index (χ1v) is 14.1. The number of amidine groups is 2. The van der Waals surface area contributed by atoms with Crippen molar-refractivity contribution in [1.82, 2.24) is 9.58 Å². The van der Waals surface area contributed by atoms with Crippen LogP contribution in [0.25, 0.3) is 17.0 Å². The highest BCUT2D eigenvalue weighted by molar-refractivity contribution is 8.27. The molecule has 3 aromatic rings. The van der Waals surface area contributed by atoms with Gasteiger partial charge in [0.05, 0.1) is 12.1 Å². The van der Waals surface area contributed by atoms with E-state index in [0.29, 0.717) is 24.2 Å². The predicted octanol–water partition coefficient (Wildman–Crippen LogP) is 6.54. The number of aryl methyl sites for hydroxylation is 2. The number of ether oxygens (including phenoxy) is 1. The number of para-hydroxylation sites is 2. The Kier molecular flexibility index (Phi) is 6.66. The summed E-state index contributed by atoms with van der Waals surface area (Å²) in [5.74, 6) is 1.04. The van der Waals surface area contributed by atoms with Crippen LogP contribution in [-0.4, -0.2) is 38.1 Å². The number of aliphatic imine (C=N–C) groups is 1. The van der Waals surface area contributed by atoms with E-state index in [4.69, 9.17) is 15.2 Å². The van der Waals surface area contributed by atoms with Gasteiger partial charge in [-0.3, -0.25) is 10.2 Å². The number of nitrogens with zero attached hydrogens (tertiary/aromatic N) is 4. The number of rotatable bonds is 6. The molecule has 8 heteroatoms. The Morgan fingerprint density at radius 3 is 2.63 bits per heavy atom. The third-order valence-electron chi connectivity index (χ3n) is 7.53. The highest BCUT2D eigenvalue weighted by Crippen LogP contribution is 2.36. The molecule has 3 heterocycles. The number of benzene rings is 2. The summed E-state index contributed by atoms with van der Waals surface area (Å²) in [5, 5.41) is 17.6. The smallest absolute Gasteiger partial charge is 0.283 e. The van der Waals surface area contributed by atoms with E-state index in [1.165, 1.54) is 31.0 Å². The number of carbonyl (C=O) groups excluding carboxylic acids is 1. The molecule has 0 unspecified atom stereocenters. The van der Waals surface area contributed by atoms with Crippen molar-refractivity contribution >= 4 is 50.7 Å². The fourth-order valence-corrected chi connectivity index (χ4v) is 6.58. The second-order valence-corrected chi connectivity index (χ2v) is 11.1. The Bertz CT molecular complexity index is 1510. The van der Waals surface area contributed by atoms with Crippen LogP contribution in [0.5, 0.6) is 5.75 Å². The summed E-state index contributed by atoms with van der Waals surface area (Å²) >= 11 is 1.45. The molecular formula is C30H31N5O2S. The van der Waals surface area contributed by atoms with E-state index in [9.17, 15) is 4.79 Å². The lowest BCUT2D eigenvalue weighted by molar-refractivity contribution is -0.114. The topological polar surface area (TPSA) is 83.0 Å². The van der Waals surface area contributed by atoms with Crippen LogP contribution in [0, 0.1) is 25.2 Å². The van der Waals surface area contributed by atoms with Gasteiger partial charge in [0.25, 0.3) is 5.91 Å². The van der Waals surface area contributed by atoms with Gasteiger partial charge < -0.3 is 9.30 Å².